The van der Waals surface area contributed by atoms with Crippen LogP contribution in [0.4, 0.5) is 10.1 Å². The van der Waals surface area contributed by atoms with Crippen molar-refractivity contribution in [3.8, 4) is 0 Å². The number of benzene rings is 2. The van der Waals surface area contributed by atoms with Crippen LogP contribution in [-0.4, -0.2) is 34.4 Å². The van der Waals surface area contributed by atoms with Crippen LogP contribution in [0.1, 0.15) is 88.4 Å². The molecule has 1 aromatic heterocycles. The minimum absolute atomic E-state index is 0.173. The Morgan fingerprint density at radius 2 is 1.80 bits per heavy atom. The largest absolute Gasteiger partial charge is 0.435 e. The number of nitrogens with zero attached hydrogens (tertiary/aromatic N) is 3. The molecule has 7 heteroatoms. The van der Waals surface area contributed by atoms with Crippen LogP contribution < -0.4 is 0 Å². The fraction of sp³-hybridized carbons (Fsp3) is 0.412. The number of aromatic amines is 1. The molecule has 0 bridgehead atoms. The van der Waals surface area contributed by atoms with Crippen molar-refractivity contribution in [2.75, 3.05) is 6.54 Å². The maximum atomic E-state index is 13.8. The molecule has 0 aliphatic carbocycles. The van der Waals surface area contributed by atoms with E-state index in [4.69, 9.17) is 4.74 Å². The van der Waals surface area contributed by atoms with E-state index >= 15 is 0 Å². The molecule has 0 unspecified atom stereocenters. The van der Waals surface area contributed by atoms with Crippen molar-refractivity contribution >= 4 is 23.6 Å². The minimum Gasteiger partial charge on any atom is -0.435 e. The van der Waals surface area contributed by atoms with Gasteiger partial charge in [-0.25, -0.2) is 9.37 Å². The van der Waals surface area contributed by atoms with Gasteiger partial charge < -0.3 is 9.72 Å². The van der Waals surface area contributed by atoms with Crippen LogP contribution in [0.2, 0.25) is 0 Å². The van der Waals surface area contributed by atoms with Crippen LogP contribution in [0.15, 0.2) is 70.6 Å². The number of para-hydroxylation sites is 1. The predicted octanol–water partition coefficient (Wildman–Crippen LogP) is 8.45. The summed E-state index contributed by atoms with van der Waals surface area (Å²) in [4.78, 5) is 27.2. The number of ketones is 1. The quantitative estimate of drug-likeness (QED) is 0.267. The number of halogens is 1. The molecule has 0 atom stereocenters. The topological polar surface area (TPSA) is 79.7 Å². The summed E-state index contributed by atoms with van der Waals surface area (Å²) in [6.45, 7) is 12.2. The maximum absolute atomic E-state index is 13.8. The standard InChI is InChI=1S/C14H14FNO2.C11H15N.C9H16N2/c1-9-5-6-11(12(15)8-9)14-16-7-3-4-13(18-14)10(2)17;1-3-7-10-8-5-6-9-11(10)12-4-2;1-3-5-8-9(6-4-2)11-7-10-8/h4-6,8H,3,7H2,1-2H3;4-6,8-9H,3,7H2,1-2H3;7H,3-6H2,1-2H3,(H,10,11). The van der Waals surface area contributed by atoms with Gasteiger partial charge in [-0.2, -0.15) is 0 Å². The first-order valence-corrected chi connectivity index (χ1v) is 14.6. The lowest BCUT2D eigenvalue weighted by atomic mass is 10.1. The van der Waals surface area contributed by atoms with Gasteiger partial charge in [-0.1, -0.05) is 64.3 Å². The third-order valence-electron chi connectivity index (χ3n) is 6.20. The first kappa shape index (κ1) is 33.3. The second-order valence-corrected chi connectivity index (χ2v) is 9.78. The number of nitrogens with one attached hydrogen (secondary N) is 1. The predicted molar refractivity (Wildman–Crippen MR) is 168 cm³/mol. The Hall–Kier alpha value is -3.87. The highest BCUT2D eigenvalue weighted by atomic mass is 19.1. The Bertz CT molecular complexity index is 1300. The van der Waals surface area contributed by atoms with Crippen molar-refractivity contribution in [3.63, 3.8) is 0 Å². The van der Waals surface area contributed by atoms with E-state index in [2.05, 4.69) is 58.9 Å². The van der Waals surface area contributed by atoms with Crippen molar-refractivity contribution in [1.29, 1.82) is 0 Å². The van der Waals surface area contributed by atoms with Gasteiger partial charge in [0.2, 0.25) is 5.90 Å². The normalized spacial score (nSPS) is 12.7. The van der Waals surface area contributed by atoms with Gasteiger partial charge in [0.15, 0.2) is 11.5 Å². The molecule has 220 valence electrons. The van der Waals surface area contributed by atoms with E-state index in [1.807, 2.05) is 26.1 Å². The van der Waals surface area contributed by atoms with Gasteiger partial charge >= 0.3 is 0 Å². The SMILES string of the molecule is CC(=O)C1=CCCN=C(c2ccc(C)cc2F)O1.CC=Nc1ccccc1CCC.CCCc1nc[nH]c1CCC. The summed E-state index contributed by atoms with van der Waals surface area (Å²) in [5.41, 5.74) is 6.16. The molecule has 0 saturated carbocycles. The monoisotopic (exact) mass is 560 g/mol. The molecular weight excluding hydrogens is 515 g/mol. The summed E-state index contributed by atoms with van der Waals surface area (Å²) < 4.78 is 19.2. The van der Waals surface area contributed by atoms with Crippen LogP contribution in [-0.2, 0) is 28.8 Å². The summed E-state index contributed by atoms with van der Waals surface area (Å²) in [6.07, 6.45) is 12.9. The molecule has 0 saturated heterocycles. The number of carbonyl (C=O) groups is 1. The molecule has 4 rings (SSSR count). The van der Waals surface area contributed by atoms with E-state index in [1.54, 1.807) is 24.5 Å². The zero-order valence-corrected chi connectivity index (χ0v) is 25.5. The lowest BCUT2D eigenvalue weighted by Crippen LogP contribution is -2.12. The summed E-state index contributed by atoms with van der Waals surface area (Å²) in [6, 6.07) is 13.1. The smallest absolute Gasteiger partial charge is 0.225 e. The summed E-state index contributed by atoms with van der Waals surface area (Å²) in [7, 11) is 0. The fourth-order valence-electron chi connectivity index (χ4n) is 4.21. The molecule has 2 heterocycles. The van der Waals surface area contributed by atoms with E-state index in [1.165, 1.54) is 49.2 Å². The number of aryl methyl sites for hydroxylation is 4. The van der Waals surface area contributed by atoms with Crippen molar-refractivity contribution in [2.45, 2.75) is 86.5 Å². The number of H-pyrrole nitrogens is 1. The molecular formula is C34H45FN4O2. The highest BCUT2D eigenvalue weighted by Gasteiger charge is 2.17. The Balaban J connectivity index is 0.000000225. The highest BCUT2D eigenvalue weighted by Crippen LogP contribution is 2.19. The van der Waals surface area contributed by atoms with Crippen molar-refractivity contribution in [3.05, 3.63) is 94.5 Å². The number of Topliss-reactive ketones (excluding diaryl/α,β-unsaturated/α-hetero) is 1. The second kappa shape index (κ2) is 18.5. The lowest BCUT2D eigenvalue weighted by Gasteiger charge is -2.09. The van der Waals surface area contributed by atoms with Gasteiger partial charge in [0.25, 0.3) is 0 Å². The number of allylic oxidation sites excluding steroid dienone is 1. The second-order valence-electron chi connectivity index (χ2n) is 9.78. The van der Waals surface area contributed by atoms with Gasteiger partial charge in [0.1, 0.15) is 5.82 Å². The zero-order valence-electron chi connectivity index (χ0n) is 25.5. The van der Waals surface area contributed by atoms with Crippen LogP contribution in [0.25, 0.3) is 0 Å². The zero-order chi connectivity index (χ0) is 30.0. The molecule has 0 amide bonds. The number of imidazole rings is 1. The van der Waals surface area contributed by atoms with E-state index in [-0.39, 0.29) is 23.0 Å². The van der Waals surface area contributed by atoms with Gasteiger partial charge in [-0.15, -0.1) is 0 Å². The van der Waals surface area contributed by atoms with Crippen LogP contribution in [0.5, 0.6) is 0 Å². The van der Waals surface area contributed by atoms with E-state index < -0.39 is 5.82 Å². The average Bonchev–Trinajstić information content (AvgIpc) is 3.23. The van der Waals surface area contributed by atoms with E-state index in [0.29, 0.717) is 13.0 Å². The summed E-state index contributed by atoms with van der Waals surface area (Å²) in [5, 5.41) is 0. The van der Waals surface area contributed by atoms with Gasteiger partial charge in [0, 0.05) is 25.4 Å². The summed E-state index contributed by atoms with van der Waals surface area (Å²) in [5.74, 6) is -0.173. The number of ether oxygens (including phenoxy) is 1. The molecule has 3 aromatic rings. The highest BCUT2D eigenvalue weighted by molar-refractivity contribution is 6.00. The average molecular weight is 561 g/mol. The number of carbonyl (C=O) groups excluding carboxylic acids is 1. The molecule has 41 heavy (non-hydrogen) atoms. The first-order valence-electron chi connectivity index (χ1n) is 14.6. The number of aliphatic imine (C=N–C) groups is 2. The van der Waals surface area contributed by atoms with Crippen molar-refractivity contribution < 1.29 is 13.9 Å². The number of rotatable bonds is 9. The Morgan fingerprint density at radius 1 is 1.07 bits per heavy atom. The molecule has 1 aliphatic heterocycles. The minimum atomic E-state index is -0.390. The third-order valence-corrected chi connectivity index (χ3v) is 6.20. The molecule has 1 aliphatic rings. The molecule has 0 fully saturated rings. The van der Waals surface area contributed by atoms with Crippen LogP contribution in [0, 0.1) is 12.7 Å². The maximum Gasteiger partial charge on any atom is 0.225 e. The Labute approximate surface area is 244 Å². The van der Waals surface area contributed by atoms with E-state index in [9.17, 15) is 9.18 Å². The van der Waals surface area contributed by atoms with Crippen molar-refractivity contribution in [1.82, 2.24) is 9.97 Å². The third kappa shape index (κ3) is 11.3. The number of hydrogen-bond donors (Lipinski definition) is 1. The fourth-order valence-corrected chi connectivity index (χ4v) is 4.21. The summed E-state index contributed by atoms with van der Waals surface area (Å²) >= 11 is 0. The molecule has 6 nitrogen and oxygen atoms in total. The van der Waals surface area contributed by atoms with Gasteiger partial charge in [0.05, 0.1) is 23.3 Å². The number of hydrogen-bond acceptors (Lipinski definition) is 5. The van der Waals surface area contributed by atoms with Crippen molar-refractivity contribution in [2.24, 2.45) is 9.98 Å². The first-order chi connectivity index (χ1) is 19.8. The number of aromatic nitrogens is 2. The molecule has 0 spiro atoms. The van der Waals surface area contributed by atoms with Gasteiger partial charge in [-0.3, -0.25) is 14.8 Å². The molecule has 0 radical (unpaired) electrons. The lowest BCUT2D eigenvalue weighted by molar-refractivity contribution is -0.115. The van der Waals surface area contributed by atoms with Gasteiger partial charge in [-0.05, 0) is 74.9 Å². The van der Waals surface area contributed by atoms with Crippen LogP contribution in [0.3, 0.4) is 0 Å². The molecule has 1 N–H and O–H groups in total. The Morgan fingerprint density at radius 3 is 2.46 bits per heavy atom. The Kier molecular flexibility index (Phi) is 15.0. The van der Waals surface area contributed by atoms with Crippen LogP contribution >= 0.6 is 0 Å². The molecule has 2 aromatic carbocycles. The van der Waals surface area contributed by atoms with E-state index in [0.717, 1.165) is 30.5 Å².